The maximum atomic E-state index is 12.2. The molecule has 1 aromatic heterocycles. The van der Waals surface area contributed by atoms with Crippen molar-refractivity contribution in [1.82, 2.24) is 4.98 Å². The van der Waals surface area contributed by atoms with Crippen LogP contribution < -0.4 is 11.3 Å². The lowest BCUT2D eigenvalue weighted by molar-refractivity contribution is 0.478. The Morgan fingerprint density at radius 1 is 1.15 bits per heavy atom. The molecule has 0 aliphatic carbocycles. The maximum absolute atomic E-state index is 12.2. The summed E-state index contributed by atoms with van der Waals surface area (Å²) in [6, 6.07) is 11.5. The first-order chi connectivity index (χ1) is 12.0. The van der Waals surface area contributed by atoms with Crippen molar-refractivity contribution in [3.8, 4) is 16.9 Å². The van der Waals surface area contributed by atoms with Gasteiger partial charge >= 0.3 is 0 Å². The number of nitrogens with one attached hydrogen (secondary N) is 1. The molecule has 138 valence electrons. The summed E-state index contributed by atoms with van der Waals surface area (Å²) >= 11 is 0. The number of aryl methyl sites for hydroxylation is 1. The van der Waals surface area contributed by atoms with Crippen LogP contribution in [0.25, 0.3) is 22.0 Å². The lowest BCUT2D eigenvalue weighted by Gasteiger charge is -2.15. The summed E-state index contributed by atoms with van der Waals surface area (Å²) in [5.74, 6) is 0.504. The zero-order valence-corrected chi connectivity index (χ0v) is 16.1. The van der Waals surface area contributed by atoms with Gasteiger partial charge in [-0.3, -0.25) is 4.79 Å². The summed E-state index contributed by atoms with van der Waals surface area (Å²) in [6.45, 7) is 6.60. The van der Waals surface area contributed by atoms with E-state index in [-0.39, 0.29) is 23.7 Å². The standard InChI is InChI=1S/C21H24N2O2.ClH/c1-4-16-13(3)19-17(23-21(16)25)9-10-18(24)20(19)15-7-5-14(6-8-15)12(2)11-22;/h5-10,12,24H,4,11,22H2,1-3H3,(H,23,25);1H/t12-;/m0./s1. The Hall–Kier alpha value is -2.30. The van der Waals surface area contributed by atoms with Crippen molar-refractivity contribution in [3.05, 3.63) is 63.4 Å². The van der Waals surface area contributed by atoms with Gasteiger partial charge in [-0.15, -0.1) is 12.4 Å². The van der Waals surface area contributed by atoms with E-state index in [1.807, 2.05) is 38.1 Å². The molecule has 2 aromatic carbocycles. The molecule has 0 spiro atoms. The van der Waals surface area contributed by atoms with Crippen LogP contribution >= 0.6 is 12.4 Å². The van der Waals surface area contributed by atoms with E-state index in [9.17, 15) is 9.90 Å². The number of aromatic hydroxyl groups is 1. The first kappa shape index (κ1) is 20.0. The van der Waals surface area contributed by atoms with Crippen LogP contribution in [0.5, 0.6) is 5.75 Å². The fraction of sp³-hybridized carbons (Fsp3) is 0.286. The minimum Gasteiger partial charge on any atom is -0.507 e. The molecule has 0 unspecified atom stereocenters. The predicted molar refractivity (Wildman–Crippen MR) is 111 cm³/mol. The van der Waals surface area contributed by atoms with Crippen molar-refractivity contribution in [1.29, 1.82) is 0 Å². The third-order valence-electron chi connectivity index (χ3n) is 5.01. The van der Waals surface area contributed by atoms with Crippen LogP contribution in [0.1, 0.15) is 36.5 Å². The average molecular weight is 373 g/mol. The second-order valence-corrected chi connectivity index (χ2v) is 6.55. The van der Waals surface area contributed by atoms with Crippen molar-refractivity contribution < 1.29 is 5.11 Å². The zero-order chi connectivity index (χ0) is 18.1. The monoisotopic (exact) mass is 372 g/mol. The topological polar surface area (TPSA) is 79.1 Å². The fourth-order valence-corrected chi connectivity index (χ4v) is 3.44. The summed E-state index contributed by atoms with van der Waals surface area (Å²) in [7, 11) is 0. The molecule has 1 heterocycles. The number of phenolic OH excluding ortho intramolecular Hbond substituents is 1. The van der Waals surface area contributed by atoms with Gasteiger partial charge in [-0.25, -0.2) is 0 Å². The number of hydrogen-bond donors (Lipinski definition) is 3. The highest BCUT2D eigenvalue weighted by atomic mass is 35.5. The SMILES string of the molecule is CCc1c(C)c2c(-c3ccc([C@@H](C)CN)cc3)c(O)ccc2[nH]c1=O.Cl. The van der Waals surface area contributed by atoms with E-state index in [1.54, 1.807) is 12.1 Å². The molecule has 1 atom stereocenters. The number of hydrogen-bond acceptors (Lipinski definition) is 3. The number of rotatable bonds is 4. The molecule has 0 radical (unpaired) electrons. The number of aromatic amines is 1. The van der Waals surface area contributed by atoms with Crippen LogP contribution in [-0.2, 0) is 6.42 Å². The lowest BCUT2D eigenvalue weighted by Crippen LogP contribution is -2.14. The Kier molecular flexibility index (Phi) is 6.11. The molecule has 4 nitrogen and oxygen atoms in total. The Labute approximate surface area is 159 Å². The van der Waals surface area contributed by atoms with Crippen LogP contribution in [0.4, 0.5) is 0 Å². The third-order valence-corrected chi connectivity index (χ3v) is 5.01. The van der Waals surface area contributed by atoms with Gasteiger partial charge in [0.05, 0.1) is 0 Å². The van der Waals surface area contributed by atoms with E-state index in [0.29, 0.717) is 18.9 Å². The Balaban J connectivity index is 0.00000243. The normalized spacial score (nSPS) is 12.0. The number of halogens is 1. The summed E-state index contributed by atoms with van der Waals surface area (Å²) in [6.07, 6.45) is 0.652. The van der Waals surface area contributed by atoms with Crippen LogP contribution in [0, 0.1) is 6.92 Å². The number of benzene rings is 2. The molecule has 0 aliphatic rings. The second kappa shape index (κ2) is 7.94. The van der Waals surface area contributed by atoms with Gasteiger partial charge in [-0.1, -0.05) is 38.1 Å². The maximum Gasteiger partial charge on any atom is 0.251 e. The highest BCUT2D eigenvalue weighted by Crippen LogP contribution is 2.38. The van der Waals surface area contributed by atoms with Crippen molar-refractivity contribution in [3.63, 3.8) is 0 Å². The van der Waals surface area contributed by atoms with Crippen molar-refractivity contribution >= 4 is 23.3 Å². The van der Waals surface area contributed by atoms with Gasteiger partial charge in [-0.2, -0.15) is 0 Å². The highest BCUT2D eigenvalue weighted by molar-refractivity contribution is 6.00. The van der Waals surface area contributed by atoms with Gasteiger partial charge in [-0.05, 0) is 54.6 Å². The molecule has 0 saturated heterocycles. The van der Waals surface area contributed by atoms with Gasteiger partial charge in [0.25, 0.3) is 5.56 Å². The number of nitrogens with two attached hydrogens (primary N) is 1. The van der Waals surface area contributed by atoms with Crippen LogP contribution in [0.2, 0.25) is 0 Å². The molecule has 0 saturated carbocycles. The fourth-order valence-electron chi connectivity index (χ4n) is 3.44. The molecular formula is C21H25ClN2O2. The van der Waals surface area contributed by atoms with Crippen molar-refractivity contribution in [2.24, 2.45) is 5.73 Å². The van der Waals surface area contributed by atoms with Gasteiger partial charge in [0.15, 0.2) is 0 Å². The Morgan fingerprint density at radius 2 is 1.81 bits per heavy atom. The summed E-state index contributed by atoms with van der Waals surface area (Å²) in [5.41, 5.74) is 11.0. The van der Waals surface area contributed by atoms with Crippen LogP contribution in [0.15, 0.2) is 41.2 Å². The smallest absolute Gasteiger partial charge is 0.251 e. The van der Waals surface area contributed by atoms with Crippen molar-refractivity contribution in [2.45, 2.75) is 33.1 Å². The van der Waals surface area contributed by atoms with Gasteiger partial charge < -0.3 is 15.8 Å². The Morgan fingerprint density at radius 3 is 2.38 bits per heavy atom. The molecular weight excluding hydrogens is 348 g/mol. The highest BCUT2D eigenvalue weighted by Gasteiger charge is 2.16. The summed E-state index contributed by atoms with van der Waals surface area (Å²) < 4.78 is 0. The minimum absolute atomic E-state index is 0. The molecule has 26 heavy (non-hydrogen) atoms. The van der Waals surface area contributed by atoms with E-state index in [1.165, 1.54) is 5.56 Å². The lowest BCUT2D eigenvalue weighted by atomic mass is 9.92. The molecule has 3 rings (SSSR count). The average Bonchev–Trinajstić information content (AvgIpc) is 2.62. The number of fused-ring (bicyclic) bond motifs is 1. The van der Waals surface area contributed by atoms with E-state index < -0.39 is 0 Å². The van der Waals surface area contributed by atoms with Gasteiger partial charge in [0.1, 0.15) is 5.75 Å². The Bertz CT molecular complexity index is 978. The second-order valence-electron chi connectivity index (χ2n) is 6.55. The summed E-state index contributed by atoms with van der Waals surface area (Å²) in [4.78, 5) is 15.2. The van der Waals surface area contributed by atoms with Crippen LogP contribution in [0.3, 0.4) is 0 Å². The predicted octanol–water partition coefficient (Wildman–Crippen LogP) is 4.26. The van der Waals surface area contributed by atoms with Crippen molar-refractivity contribution in [2.75, 3.05) is 6.54 Å². The molecule has 5 heteroatoms. The minimum atomic E-state index is -0.0590. The van der Waals surface area contributed by atoms with E-state index in [4.69, 9.17) is 5.73 Å². The molecule has 0 bridgehead atoms. The van der Waals surface area contributed by atoms with Gasteiger partial charge in [0, 0.05) is 22.0 Å². The van der Waals surface area contributed by atoms with E-state index >= 15 is 0 Å². The van der Waals surface area contributed by atoms with Gasteiger partial charge in [0.2, 0.25) is 0 Å². The zero-order valence-electron chi connectivity index (χ0n) is 15.3. The molecule has 0 fully saturated rings. The molecule has 4 N–H and O–H groups in total. The largest absolute Gasteiger partial charge is 0.507 e. The van der Waals surface area contributed by atoms with Crippen LogP contribution in [-0.4, -0.2) is 16.6 Å². The third kappa shape index (κ3) is 3.35. The molecule has 3 aromatic rings. The first-order valence-corrected chi connectivity index (χ1v) is 8.65. The number of H-pyrrole nitrogens is 1. The summed E-state index contributed by atoms with van der Waals surface area (Å²) in [5, 5.41) is 11.4. The van der Waals surface area contributed by atoms with E-state index in [2.05, 4.69) is 11.9 Å². The first-order valence-electron chi connectivity index (χ1n) is 8.65. The molecule has 0 amide bonds. The number of phenols is 1. The number of aromatic nitrogens is 1. The van der Waals surface area contributed by atoms with E-state index in [0.717, 1.165) is 33.2 Å². The molecule has 0 aliphatic heterocycles. The quantitative estimate of drug-likeness (QED) is 0.640. The number of pyridine rings is 1.